The molecule has 2 aromatic carbocycles. The van der Waals surface area contributed by atoms with Crippen LogP contribution in [0.1, 0.15) is 28.5 Å². The van der Waals surface area contributed by atoms with Gasteiger partial charge in [0.1, 0.15) is 11.8 Å². The van der Waals surface area contributed by atoms with Crippen molar-refractivity contribution < 1.29 is 18.9 Å². The zero-order chi connectivity index (χ0) is 25.9. The monoisotopic (exact) mass is 486 g/mol. The molecule has 0 saturated carbocycles. The summed E-state index contributed by atoms with van der Waals surface area (Å²) in [6, 6.07) is 17.9. The Morgan fingerprint density at radius 2 is 1.78 bits per heavy atom. The molecule has 3 rings (SSSR count). The molecule has 1 heterocycles. The van der Waals surface area contributed by atoms with Crippen LogP contribution < -0.4 is 10.6 Å². The average molecular weight is 487 g/mol. The predicted molar refractivity (Wildman–Crippen MR) is 138 cm³/mol. The van der Waals surface area contributed by atoms with Crippen LogP contribution in [0.25, 0.3) is 0 Å². The Kier molecular flexibility index (Phi) is 9.33. The van der Waals surface area contributed by atoms with Crippen LogP contribution in [0, 0.1) is 13.8 Å². The molecule has 0 radical (unpaired) electrons. The number of benzene rings is 2. The molecule has 3 amide bonds. The summed E-state index contributed by atoms with van der Waals surface area (Å²) in [6.45, 7) is 7.86. The zero-order valence-electron chi connectivity index (χ0n) is 20.4. The number of hydrogen-bond donors (Lipinski definition) is 2. The number of rotatable bonds is 11. The first-order valence-electron chi connectivity index (χ1n) is 11.6. The second-order valence-corrected chi connectivity index (χ2v) is 8.21. The number of carbonyl (C=O) groups is 3. The van der Waals surface area contributed by atoms with Gasteiger partial charge in [0, 0.05) is 31.3 Å². The minimum atomic E-state index is -0.904. The van der Waals surface area contributed by atoms with E-state index in [1.807, 2.05) is 61.5 Å². The molecule has 0 aliphatic carbocycles. The second-order valence-electron chi connectivity index (χ2n) is 8.21. The van der Waals surface area contributed by atoms with Gasteiger partial charge >= 0.3 is 0 Å². The molecule has 8 nitrogen and oxygen atoms in total. The topological polar surface area (TPSA) is 105 Å². The normalized spacial score (nSPS) is 11.6. The lowest BCUT2D eigenvalue weighted by molar-refractivity contribution is -0.137. The van der Waals surface area contributed by atoms with E-state index in [9.17, 15) is 14.4 Å². The van der Waals surface area contributed by atoms with Crippen molar-refractivity contribution >= 4 is 23.5 Å². The second kappa shape index (κ2) is 12.9. The van der Waals surface area contributed by atoms with E-state index in [2.05, 4.69) is 22.4 Å². The molecular formula is C28H30N4O4. The van der Waals surface area contributed by atoms with Crippen molar-refractivity contribution in [3.8, 4) is 0 Å². The summed E-state index contributed by atoms with van der Waals surface area (Å²) in [5.41, 5.74) is 2.66. The highest BCUT2D eigenvalue weighted by atomic mass is 16.5. The first-order valence-corrected chi connectivity index (χ1v) is 11.6. The minimum absolute atomic E-state index is 0.110. The summed E-state index contributed by atoms with van der Waals surface area (Å²) in [5, 5.41) is 9.18. The Balaban J connectivity index is 1.79. The quantitative estimate of drug-likeness (QED) is 0.316. The van der Waals surface area contributed by atoms with Gasteiger partial charge in [-0.15, -0.1) is 6.58 Å². The molecule has 0 aliphatic heterocycles. The Morgan fingerprint density at radius 3 is 2.44 bits per heavy atom. The molecule has 1 unspecified atom stereocenters. The number of aromatic nitrogens is 1. The fourth-order valence-electron chi connectivity index (χ4n) is 3.71. The summed E-state index contributed by atoms with van der Waals surface area (Å²) in [4.78, 5) is 40.3. The lowest BCUT2D eigenvalue weighted by Crippen LogP contribution is -2.44. The molecule has 186 valence electrons. The van der Waals surface area contributed by atoms with E-state index in [4.69, 9.17) is 4.52 Å². The molecule has 1 aromatic heterocycles. The van der Waals surface area contributed by atoms with Gasteiger partial charge in [0.05, 0.1) is 0 Å². The van der Waals surface area contributed by atoms with E-state index in [0.29, 0.717) is 24.3 Å². The van der Waals surface area contributed by atoms with E-state index in [1.54, 1.807) is 19.1 Å². The van der Waals surface area contributed by atoms with Gasteiger partial charge < -0.3 is 20.1 Å². The highest BCUT2D eigenvalue weighted by molar-refractivity contribution is 6.03. The van der Waals surface area contributed by atoms with Crippen LogP contribution in [0.5, 0.6) is 0 Å². The van der Waals surface area contributed by atoms with Crippen LogP contribution in [0.3, 0.4) is 0 Å². The van der Waals surface area contributed by atoms with E-state index in [-0.39, 0.29) is 18.3 Å². The van der Waals surface area contributed by atoms with Crippen molar-refractivity contribution in [3.05, 3.63) is 108 Å². The van der Waals surface area contributed by atoms with Crippen LogP contribution in [-0.2, 0) is 20.8 Å². The first kappa shape index (κ1) is 26.2. The fourth-order valence-corrected chi connectivity index (χ4v) is 3.71. The summed E-state index contributed by atoms with van der Waals surface area (Å²) in [5.74, 6) is -0.579. The van der Waals surface area contributed by atoms with Crippen LogP contribution >= 0.6 is 0 Å². The van der Waals surface area contributed by atoms with Gasteiger partial charge in [-0.05, 0) is 37.0 Å². The molecule has 3 aromatic rings. The number of nitrogens with zero attached hydrogens (tertiary/aromatic N) is 2. The Labute approximate surface area is 210 Å². The van der Waals surface area contributed by atoms with Gasteiger partial charge in [-0.1, -0.05) is 65.8 Å². The number of aryl methyl sites for hydroxylation is 2. The lowest BCUT2D eigenvalue weighted by Gasteiger charge is -2.30. The maximum Gasteiger partial charge on any atom is 0.249 e. The summed E-state index contributed by atoms with van der Waals surface area (Å²) >= 11 is 0. The van der Waals surface area contributed by atoms with Gasteiger partial charge in [0.15, 0.2) is 5.82 Å². The molecule has 0 aliphatic rings. The molecule has 2 N–H and O–H groups in total. The highest BCUT2D eigenvalue weighted by Gasteiger charge is 2.30. The molecule has 1 atom stereocenters. The van der Waals surface area contributed by atoms with Crippen LogP contribution in [0.2, 0.25) is 0 Å². The maximum absolute atomic E-state index is 13.4. The van der Waals surface area contributed by atoms with Gasteiger partial charge in [0.2, 0.25) is 17.7 Å². The molecular weight excluding hydrogens is 456 g/mol. The van der Waals surface area contributed by atoms with Gasteiger partial charge in [0.25, 0.3) is 0 Å². The molecule has 0 saturated heterocycles. The average Bonchev–Trinajstić information content (AvgIpc) is 3.28. The van der Waals surface area contributed by atoms with Crippen LogP contribution in [0.15, 0.2) is 90.0 Å². The number of anilines is 1. The third-order valence-corrected chi connectivity index (χ3v) is 5.46. The number of carbonyl (C=O) groups excluding carboxylic acids is 3. The maximum atomic E-state index is 13.4. The number of hydrogen-bond acceptors (Lipinski definition) is 5. The SMILES string of the molecule is C=CCN(C(=O)/C=C/C(=O)Nc1cc(C)on1)C(C(=O)NCCc1ccccc1)c1ccccc1C. The fraction of sp³-hybridized carbons (Fsp3) is 0.214. The smallest absolute Gasteiger partial charge is 0.249 e. The summed E-state index contributed by atoms with van der Waals surface area (Å²) in [6.07, 6.45) is 4.44. The number of amides is 3. The molecule has 0 spiro atoms. The number of nitrogens with one attached hydrogen (secondary N) is 2. The van der Waals surface area contributed by atoms with Crippen molar-refractivity contribution in [2.24, 2.45) is 0 Å². The lowest BCUT2D eigenvalue weighted by atomic mass is 9.98. The summed E-state index contributed by atoms with van der Waals surface area (Å²) in [7, 11) is 0. The third kappa shape index (κ3) is 7.27. The zero-order valence-corrected chi connectivity index (χ0v) is 20.4. The largest absolute Gasteiger partial charge is 0.360 e. The molecule has 0 fully saturated rings. The minimum Gasteiger partial charge on any atom is -0.360 e. The van der Waals surface area contributed by atoms with E-state index < -0.39 is 17.9 Å². The molecule has 8 heteroatoms. The third-order valence-electron chi connectivity index (χ3n) is 5.46. The Bertz CT molecular complexity index is 1230. The Morgan fingerprint density at radius 1 is 1.06 bits per heavy atom. The Hall–Kier alpha value is -4.46. The van der Waals surface area contributed by atoms with Crippen LogP contribution in [0.4, 0.5) is 5.82 Å². The van der Waals surface area contributed by atoms with Gasteiger partial charge in [-0.3, -0.25) is 14.4 Å². The first-order chi connectivity index (χ1) is 17.4. The molecule has 0 bridgehead atoms. The van der Waals surface area contributed by atoms with Gasteiger partial charge in [-0.25, -0.2) is 0 Å². The predicted octanol–water partition coefficient (Wildman–Crippen LogP) is 3.90. The van der Waals surface area contributed by atoms with Crippen molar-refractivity contribution in [3.63, 3.8) is 0 Å². The van der Waals surface area contributed by atoms with E-state index in [0.717, 1.165) is 23.3 Å². The van der Waals surface area contributed by atoms with Gasteiger partial charge in [-0.2, -0.15) is 0 Å². The van der Waals surface area contributed by atoms with Crippen molar-refractivity contribution in [2.75, 3.05) is 18.4 Å². The molecule has 36 heavy (non-hydrogen) atoms. The summed E-state index contributed by atoms with van der Waals surface area (Å²) < 4.78 is 4.92. The standard InChI is InChI=1S/C28H30N4O4/c1-4-18-32(26(34)15-14-25(33)30-24-19-21(3)36-31-24)27(23-13-9-8-10-20(23)2)28(35)29-17-16-22-11-6-5-7-12-22/h4-15,19,27H,1,16-18H2,2-3H3,(H,29,35)(H,30,31,33)/b15-14+. The van der Waals surface area contributed by atoms with Crippen molar-refractivity contribution in [1.82, 2.24) is 15.4 Å². The van der Waals surface area contributed by atoms with E-state index in [1.165, 1.54) is 4.90 Å². The van der Waals surface area contributed by atoms with Crippen molar-refractivity contribution in [2.45, 2.75) is 26.3 Å². The van der Waals surface area contributed by atoms with E-state index >= 15 is 0 Å². The van der Waals surface area contributed by atoms with Crippen LogP contribution in [-0.4, -0.2) is 40.9 Å². The highest BCUT2D eigenvalue weighted by Crippen LogP contribution is 2.25. The van der Waals surface area contributed by atoms with Crippen molar-refractivity contribution in [1.29, 1.82) is 0 Å².